The molecule has 3 saturated heterocycles. The Kier molecular flexibility index (Phi) is 44.1. The minimum Gasteiger partial charge on any atom is -0.477 e. The lowest BCUT2D eigenvalue weighted by atomic mass is 9.88. The van der Waals surface area contributed by atoms with E-state index in [9.17, 15) is 75.7 Å². The van der Waals surface area contributed by atoms with Crippen molar-refractivity contribution in [3.05, 3.63) is 0 Å². The summed E-state index contributed by atoms with van der Waals surface area (Å²) < 4.78 is 34.9. The summed E-state index contributed by atoms with van der Waals surface area (Å²) >= 11 is 0. The van der Waals surface area contributed by atoms with Gasteiger partial charge in [-0.2, -0.15) is 0 Å². The number of aliphatic carboxylic acids is 1. The number of carboxylic acids is 1. The van der Waals surface area contributed by atoms with Crippen LogP contribution in [0.2, 0.25) is 0 Å². The van der Waals surface area contributed by atoms with Crippen molar-refractivity contribution in [3.8, 4) is 0 Å². The van der Waals surface area contributed by atoms with Crippen molar-refractivity contribution in [1.82, 2.24) is 10.6 Å². The number of ether oxygens (including phenoxy) is 6. The van der Waals surface area contributed by atoms with Gasteiger partial charge in [0.2, 0.25) is 11.8 Å². The normalized spacial score (nSPS) is 28.5. The molecule has 14 N–H and O–H groups in total. The minimum atomic E-state index is -3.08. The van der Waals surface area contributed by atoms with E-state index >= 15 is 0 Å². The average molecular weight is 1300 g/mol. The number of carbonyl (C=O) groups excluding carboxylic acids is 2. The molecule has 3 aliphatic rings. The average Bonchev–Trinajstić information content (AvgIpc) is 0.823. The third-order valence-corrected chi connectivity index (χ3v) is 18.3. The fraction of sp³-hybridized carbons (Fsp3) is 0.955. The Morgan fingerprint density at radius 2 is 0.967 bits per heavy atom. The van der Waals surface area contributed by atoms with Crippen molar-refractivity contribution in [2.45, 2.75) is 381 Å². The van der Waals surface area contributed by atoms with E-state index < -0.39 is 148 Å². The molecule has 18 atom stereocenters. The van der Waals surface area contributed by atoms with Gasteiger partial charge in [-0.15, -0.1) is 0 Å². The second kappa shape index (κ2) is 48.4. The molecule has 23 heteroatoms. The Bertz CT molecular complexity index is 1830. The molecule has 3 rings (SSSR count). The highest BCUT2D eigenvalue weighted by molar-refractivity contribution is 5.77. The van der Waals surface area contributed by atoms with Gasteiger partial charge >= 0.3 is 5.97 Å². The predicted octanol–water partition coefficient (Wildman–Crippen LogP) is 6.51. The molecule has 0 aromatic carbocycles. The zero-order valence-electron chi connectivity index (χ0n) is 55.3. The van der Waals surface area contributed by atoms with Crippen LogP contribution in [-0.2, 0) is 42.8 Å². The molecule has 0 bridgehead atoms. The van der Waals surface area contributed by atoms with Gasteiger partial charge < -0.3 is 100 Å². The highest BCUT2D eigenvalue weighted by Crippen LogP contribution is 2.39. The standard InChI is InChI=1S/C67H126N2O21/c1-4-6-8-10-12-14-16-18-20-21-22-23-24-25-27-29-31-33-35-37-39-41-54(77)69-48(49(74)40-38-36-34-32-30-28-26-19-17-15-13-11-9-7-5-2)46-85-64-59(81)58(80)61(53(45-72)87-64)88-65-60(82)63(57(79)52(44-71)86-65)90-67(66(83)84)42-50(75)55(68-47(3)73)62(89-67)56(78)51(76)43-70/h48-53,55-65,70-72,74-76,78-82H,4-46H2,1-3H3,(H,68,73)(H,69,77)(H,83,84). The largest absolute Gasteiger partial charge is 0.477 e. The summed E-state index contributed by atoms with van der Waals surface area (Å²) in [6, 6.07) is -2.52. The molecule has 90 heavy (non-hydrogen) atoms. The van der Waals surface area contributed by atoms with Gasteiger partial charge in [-0.1, -0.05) is 239 Å². The molecule has 23 nitrogen and oxygen atoms in total. The van der Waals surface area contributed by atoms with Gasteiger partial charge in [-0.3, -0.25) is 9.59 Å². The van der Waals surface area contributed by atoms with Crippen LogP contribution < -0.4 is 10.6 Å². The van der Waals surface area contributed by atoms with Crippen LogP contribution in [0.5, 0.6) is 0 Å². The molecule has 0 radical (unpaired) electrons. The Balaban J connectivity index is 1.58. The number of carboxylic acid groups (broad SMARTS) is 1. The van der Waals surface area contributed by atoms with Crippen LogP contribution in [-0.4, -0.2) is 215 Å². The number of hydrogen-bond donors (Lipinski definition) is 14. The Hall–Kier alpha value is -2.27. The van der Waals surface area contributed by atoms with Crippen LogP contribution in [0, 0.1) is 0 Å². The number of aliphatic hydroxyl groups is 11. The third-order valence-electron chi connectivity index (χ3n) is 18.3. The zero-order valence-corrected chi connectivity index (χ0v) is 55.3. The van der Waals surface area contributed by atoms with Crippen LogP contribution in [0.15, 0.2) is 0 Å². The molecule has 0 aliphatic carbocycles. The molecule has 2 amide bonds. The zero-order chi connectivity index (χ0) is 66.1. The highest BCUT2D eigenvalue weighted by Gasteiger charge is 2.60. The maximum atomic E-state index is 13.5. The number of unbranched alkanes of at least 4 members (excludes halogenated alkanes) is 34. The number of aliphatic hydroxyl groups excluding tert-OH is 11. The topological polar surface area (TPSA) is 373 Å². The molecular weight excluding hydrogens is 1170 g/mol. The second-order valence-corrected chi connectivity index (χ2v) is 26.1. The van der Waals surface area contributed by atoms with Crippen LogP contribution in [0.4, 0.5) is 0 Å². The minimum absolute atomic E-state index is 0.229. The predicted molar refractivity (Wildman–Crippen MR) is 339 cm³/mol. The number of rotatable bonds is 54. The van der Waals surface area contributed by atoms with Gasteiger partial charge in [-0.05, 0) is 12.8 Å². The van der Waals surface area contributed by atoms with E-state index in [1.54, 1.807) is 0 Å². The summed E-state index contributed by atoms with van der Waals surface area (Å²) in [6.07, 6.45) is 15.3. The fourth-order valence-electron chi connectivity index (χ4n) is 12.7. The Morgan fingerprint density at radius 3 is 1.39 bits per heavy atom. The Labute approximate surface area is 538 Å². The van der Waals surface area contributed by atoms with Crippen LogP contribution in [0.3, 0.4) is 0 Å². The first-order valence-corrected chi connectivity index (χ1v) is 35.4. The lowest BCUT2D eigenvalue weighted by molar-refractivity contribution is -0.386. The quantitative estimate of drug-likeness (QED) is 0.0288. The first-order valence-electron chi connectivity index (χ1n) is 35.4. The maximum Gasteiger partial charge on any atom is 0.364 e. The lowest BCUT2D eigenvalue weighted by Crippen LogP contribution is -2.70. The molecule has 18 unspecified atom stereocenters. The SMILES string of the molecule is CCCCCCCCCCCCCCCCCCCCCCCC(=O)NC(COC1OC(CO)C(OC2OC(CO)C(O)C(OC3(C(=O)O)CC(O)C(NC(C)=O)C(C(O)C(O)CO)O3)C2O)C(O)C1O)C(O)CCCCCCCCCCCCCCCCC. The van der Waals surface area contributed by atoms with Gasteiger partial charge in [0.05, 0.1) is 50.7 Å². The molecule has 3 fully saturated rings. The summed E-state index contributed by atoms with van der Waals surface area (Å²) in [5.74, 6) is -6.09. The monoisotopic (exact) mass is 1290 g/mol. The Morgan fingerprint density at radius 1 is 0.533 bits per heavy atom. The third kappa shape index (κ3) is 30.6. The number of amides is 2. The first-order chi connectivity index (χ1) is 43.4. The van der Waals surface area contributed by atoms with E-state index in [0.717, 1.165) is 51.9 Å². The molecule has 3 heterocycles. The molecular formula is C67H126N2O21. The highest BCUT2D eigenvalue weighted by atomic mass is 16.8. The van der Waals surface area contributed by atoms with E-state index in [4.69, 9.17) is 28.4 Å². The van der Waals surface area contributed by atoms with Gasteiger partial charge in [-0.25, -0.2) is 4.79 Å². The van der Waals surface area contributed by atoms with Crippen LogP contribution in [0.25, 0.3) is 0 Å². The van der Waals surface area contributed by atoms with Gasteiger partial charge in [0, 0.05) is 19.8 Å². The lowest BCUT2D eigenvalue weighted by Gasteiger charge is -2.50. The second-order valence-electron chi connectivity index (χ2n) is 26.1. The summed E-state index contributed by atoms with van der Waals surface area (Å²) in [7, 11) is 0. The van der Waals surface area contributed by atoms with E-state index in [1.165, 1.54) is 173 Å². The van der Waals surface area contributed by atoms with E-state index in [0.29, 0.717) is 19.3 Å². The van der Waals surface area contributed by atoms with E-state index in [1.807, 2.05) is 0 Å². The molecule has 0 saturated carbocycles. The molecule has 3 aliphatic heterocycles. The molecule has 0 aromatic rings. The van der Waals surface area contributed by atoms with E-state index in [-0.39, 0.29) is 18.9 Å². The van der Waals surface area contributed by atoms with Crippen molar-refractivity contribution < 1.29 is 104 Å². The molecule has 0 aromatic heterocycles. The number of nitrogens with one attached hydrogen (secondary N) is 2. The van der Waals surface area contributed by atoms with Crippen LogP contribution >= 0.6 is 0 Å². The van der Waals surface area contributed by atoms with Gasteiger partial charge in [0.25, 0.3) is 5.79 Å². The smallest absolute Gasteiger partial charge is 0.364 e. The summed E-state index contributed by atoms with van der Waals surface area (Å²) in [5, 5.41) is 136. The number of carbonyl (C=O) groups is 3. The van der Waals surface area contributed by atoms with Crippen molar-refractivity contribution in [1.29, 1.82) is 0 Å². The van der Waals surface area contributed by atoms with Crippen molar-refractivity contribution in [2.24, 2.45) is 0 Å². The molecule has 530 valence electrons. The molecule has 0 spiro atoms. The first kappa shape index (κ1) is 82.0. The summed E-state index contributed by atoms with van der Waals surface area (Å²) in [6.45, 7) is 2.23. The van der Waals surface area contributed by atoms with Crippen molar-refractivity contribution in [3.63, 3.8) is 0 Å². The van der Waals surface area contributed by atoms with Gasteiger partial charge in [0.15, 0.2) is 12.6 Å². The maximum absolute atomic E-state index is 13.5. The van der Waals surface area contributed by atoms with Crippen molar-refractivity contribution >= 4 is 17.8 Å². The summed E-state index contributed by atoms with van der Waals surface area (Å²) in [4.78, 5) is 38.6. The summed E-state index contributed by atoms with van der Waals surface area (Å²) in [5.41, 5.74) is 0. The van der Waals surface area contributed by atoms with Gasteiger partial charge in [0.1, 0.15) is 67.1 Å². The number of hydrogen-bond acceptors (Lipinski definition) is 20. The fourth-order valence-corrected chi connectivity index (χ4v) is 12.7. The van der Waals surface area contributed by atoms with Crippen LogP contribution in [0.1, 0.15) is 271 Å². The van der Waals surface area contributed by atoms with Crippen molar-refractivity contribution in [2.75, 3.05) is 26.4 Å². The van der Waals surface area contributed by atoms with E-state index in [2.05, 4.69) is 24.5 Å².